The molecule has 98 valence electrons. The van der Waals surface area contributed by atoms with E-state index in [4.69, 9.17) is 9.26 Å². The molecule has 5 heteroatoms. The van der Waals surface area contributed by atoms with Gasteiger partial charge < -0.3 is 9.26 Å². The number of hydrogen-bond donors (Lipinski definition) is 0. The summed E-state index contributed by atoms with van der Waals surface area (Å²) in [6.45, 7) is 6.58. The Kier molecular flexibility index (Phi) is 10.7. The van der Waals surface area contributed by atoms with E-state index in [0.29, 0.717) is 21.7 Å². The van der Waals surface area contributed by atoms with Crippen LogP contribution in [0.15, 0.2) is 23.3 Å². The lowest BCUT2D eigenvalue weighted by Crippen LogP contribution is -2.01. The van der Waals surface area contributed by atoms with Crippen molar-refractivity contribution in [3.05, 3.63) is 23.3 Å². The molecule has 2 atom stereocenters. The normalized spacial score (nSPS) is 13.4. The highest BCUT2D eigenvalue weighted by Crippen LogP contribution is 2.21. The summed E-state index contributed by atoms with van der Waals surface area (Å²) in [4.78, 5) is 10.6. The number of ether oxygens (including phenoxy) is 1. The fourth-order valence-corrected chi connectivity index (χ4v) is 1.62. The number of allylic oxidation sites excluding steroid dienone is 2. The summed E-state index contributed by atoms with van der Waals surface area (Å²) < 4.78 is 10.1. The summed E-state index contributed by atoms with van der Waals surface area (Å²) >= 11 is 0. The van der Waals surface area contributed by atoms with Crippen LogP contribution in [0.1, 0.15) is 33.6 Å². The Hall–Kier alpha value is -0.230. The van der Waals surface area contributed by atoms with Gasteiger partial charge in [0.15, 0.2) is 0 Å². The molecule has 0 bridgehead atoms. The van der Waals surface area contributed by atoms with Crippen LogP contribution in [0.3, 0.4) is 0 Å². The van der Waals surface area contributed by atoms with Crippen LogP contribution >= 0.6 is 17.4 Å². The molecule has 0 heterocycles. The van der Waals surface area contributed by atoms with Gasteiger partial charge in [0.05, 0.1) is 6.61 Å². The molecule has 0 saturated carbocycles. The molecule has 0 rings (SSSR count). The van der Waals surface area contributed by atoms with E-state index in [2.05, 4.69) is 28.0 Å². The first-order chi connectivity index (χ1) is 8.06. The van der Waals surface area contributed by atoms with Crippen molar-refractivity contribution in [1.29, 1.82) is 0 Å². The van der Waals surface area contributed by atoms with E-state index in [0.717, 1.165) is 18.4 Å². The van der Waals surface area contributed by atoms with Crippen LogP contribution < -0.4 is 0 Å². The van der Waals surface area contributed by atoms with Crippen molar-refractivity contribution in [3.8, 4) is 0 Å². The van der Waals surface area contributed by atoms with Gasteiger partial charge in [0, 0.05) is 15.4 Å². The zero-order valence-corrected chi connectivity index (χ0v) is 12.9. The van der Waals surface area contributed by atoms with Crippen LogP contribution in [0.4, 0.5) is 0 Å². The van der Waals surface area contributed by atoms with Gasteiger partial charge in [-0.25, -0.2) is 0 Å². The van der Waals surface area contributed by atoms with Crippen molar-refractivity contribution in [2.24, 2.45) is 0 Å². The van der Waals surface area contributed by atoms with Gasteiger partial charge in [-0.3, -0.25) is 4.79 Å². The summed E-state index contributed by atoms with van der Waals surface area (Å²) in [5.41, 5.74) is 2.42. The van der Waals surface area contributed by atoms with E-state index >= 15 is 0 Å². The monoisotopic (exact) mass is 276 g/mol. The molecule has 0 saturated heterocycles. The van der Waals surface area contributed by atoms with Crippen LogP contribution in [0.5, 0.6) is 0 Å². The molecule has 0 aromatic rings. The van der Waals surface area contributed by atoms with Crippen molar-refractivity contribution >= 4 is 23.4 Å². The molecule has 0 radical (unpaired) electrons. The lowest BCUT2D eigenvalue weighted by atomic mass is 10.1. The maximum Gasteiger partial charge on any atom is 0.302 e. The predicted molar refractivity (Wildman–Crippen MR) is 77.4 cm³/mol. The quantitative estimate of drug-likeness (QED) is 0.294. The van der Waals surface area contributed by atoms with Gasteiger partial charge in [-0.1, -0.05) is 26.7 Å². The van der Waals surface area contributed by atoms with Crippen molar-refractivity contribution in [2.45, 2.75) is 33.6 Å². The van der Waals surface area contributed by atoms with Crippen LogP contribution in [-0.2, 0) is 14.1 Å². The predicted octanol–water partition coefficient (Wildman–Crippen LogP) is 3.62. The molecule has 0 N–H and O–H groups in total. The molecule has 3 nitrogen and oxygen atoms in total. The van der Waals surface area contributed by atoms with Crippen LogP contribution in [0.25, 0.3) is 0 Å². The van der Waals surface area contributed by atoms with E-state index in [1.807, 2.05) is 6.92 Å². The molecule has 0 aliphatic carbocycles. The van der Waals surface area contributed by atoms with E-state index in [-0.39, 0.29) is 5.97 Å². The van der Waals surface area contributed by atoms with Crippen molar-refractivity contribution in [1.82, 2.24) is 0 Å². The number of rotatable bonds is 8. The lowest BCUT2D eigenvalue weighted by molar-refractivity contribution is -0.139. The average molecular weight is 276 g/mol. The second-order valence-corrected chi connectivity index (χ2v) is 5.08. The van der Waals surface area contributed by atoms with E-state index in [1.54, 1.807) is 0 Å². The molecule has 17 heavy (non-hydrogen) atoms. The standard InChI is InChI=1S/C12H22O3P2/c1-10(7-8-15-17-16)5-4-6-11(2)9-14-12(3)13/h6-7,17H,4-5,8-9,16H2,1-3H3/b10-7+,11-6+. The summed E-state index contributed by atoms with van der Waals surface area (Å²) in [5, 5.41) is 0. The number of hydrogen-bond acceptors (Lipinski definition) is 3. The molecule has 0 amide bonds. The summed E-state index contributed by atoms with van der Waals surface area (Å²) in [6.07, 6.45) is 6.20. The summed E-state index contributed by atoms with van der Waals surface area (Å²) in [7, 11) is 3.02. The Bertz CT molecular complexity index is 285. The average Bonchev–Trinajstić information content (AvgIpc) is 2.27. The molecule has 0 aromatic heterocycles. The zero-order chi connectivity index (χ0) is 13.1. The van der Waals surface area contributed by atoms with Crippen molar-refractivity contribution < 1.29 is 14.1 Å². The molecular weight excluding hydrogens is 254 g/mol. The Balaban J connectivity index is 3.76. The highest BCUT2D eigenvalue weighted by Gasteiger charge is 1.94. The van der Waals surface area contributed by atoms with E-state index in [9.17, 15) is 4.79 Å². The van der Waals surface area contributed by atoms with Crippen LogP contribution in [0, 0.1) is 0 Å². The van der Waals surface area contributed by atoms with Crippen LogP contribution in [0.2, 0.25) is 0 Å². The van der Waals surface area contributed by atoms with Gasteiger partial charge in [0.2, 0.25) is 0 Å². The maximum atomic E-state index is 10.6. The minimum atomic E-state index is -0.232. The number of esters is 1. The molecule has 0 fully saturated rings. The Morgan fingerprint density at radius 1 is 1.24 bits per heavy atom. The van der Waals surface area contributed by atoms with Crippen molar-refractivity contribution in [2.75, 3.05) is 13.2 Å². The van der Waals surface area contributed by atoms with Gasteiger partial charge in [-0.15, -0.1) is 0 Å². The summed E-state index contributed by atoms with van der Waals surface area (Å²) in [5.74, 6) is -0.232. The lowest BCUT2D eigenvalue weighted by Gasteiger charge is -2.03. The second-order valence-electron chi connectivity index (χ2n) is 3.85. The SMILES string of the molecule is CC(=O)OC/C(C)=C/CC/C(C)=C/COPP. The minimum Gasteiger partial charge on any atom is -0.461 e. The number of carbonyl (C=O) groups excluding carboxylic acids is 1. The topological polar surface area (TPSA) is 35.5 Å². The molecule has 0 spiro atoms. The molecule has 0 aliphatic rings. The minimum absolute atomic E-state index is 0.232. The smallest absolute Gasteiger partial charge is 0.302 e. The summed E-state index contributed by atoms with van der Waals surface area (Å²) in [6, 6.07) is 0. The van der Waals surface area contributed by atoms with Gasteiger partial charge in [-0.2, -0.15) is 0 Å². The van der Waals surface area contributed by atoms with Gasteiger partial charge in [0.25, 0.3) is 0 Å². The third-order valence-electron chi connectivity index (χ3n) is 2.13. The Labute approximate surface area is 108 Å². The van der Waals surface area contributed by atoms with Gasteiger partial charge in [0.1, 0.15) is 6.61 Å². The highest BCUT2D eigenvalue weighted by atomic mass is 32.0. The van der Waals surface area contributed by atoms with E-state index in [1.165, 1.54) is 12.5 Å². The largest absolute Gasteiger partial charge is 0.461 e. The fraction of sp³-hybridized carbons (Fsp3) is 0.583. The number of carbonyl (C=O) groups is 1. The first-order valence-corrected chi connectivity index (χ1v) is 8.30. The molecule has 0 aliphatic heterocycles. The van der Waals surface area contributed by atoms with Crippen LogP contribution in [-0.4, -0.2) is 19.2 Å². The molecule has 0 aromatic carbocycles. The zero-order valence-electron chi connectivity index (χ0n) is 10.8. The van der Waals surface area contributed by atoms with Gasteiger partial charge >= 0.3 is 5.97 Å². The maximum absolute atomic E-state index is 10.6. The van der Waals surface area contributed by atoms with E-state index < -0.39 is 0 Å². The molecular formula is C12H22O3P2. The Morgan fingerprint density at radius 2 is 1.94 bits per heavy atom. The van der Waals surface area contributed by atoms with Crippen molar-refractivity contribution in [3.63, 3.8) is 0 Å². The first kappa shape index (κ1) is 16.8. The third-order valence-corrected chi connectivity index (χ3v) is 2.97. The Morgan fingerprint density at radius 3 is 2.53 bits per heavy atom. The third kappa shape index (κ3) is 12.0. The fourth-order valence-electron chi connectivity index (χ4n) is 1.15. The first-order valence-electron chi connectivity index (χ1n) is 5.58. The molecule has 2 unspecified atom stereocenters. The second kappa shape index (κ2) is 10.9. The highest BCUT2D eigenvalue weighted by molar-refractivity contribution is 8.00. The van der Waals surface area contributed by atoms with Gasteiger partial charge in [-0.05, 0) is 32.3 Å².